The zero-order chi connectivity index (χ0) is 14.0. The predicted octanol–water partition coefficient (Wildman–Crippen LogP) is -2.15. The van der Waals surface area contributed by atoms with Gasteiger partial charge < -0.3 is 31.1 Å². The van der Waals surface area contributed by atoms with E-state index in [1.807, 2.05) is 0 Å². The fraction of sp³-hybridized carbons (Fsp3) is 0.769. The molecule has 0 aliphatic heterocycles. The van der Waals surface area contributed by atoms with Crippen LogP contribution in [0.25, 0.3) is 0 Å². The number of hydrogen-bond acceptors (Lipinski definition) is 4. The van der Waals surface area contributed by atoms with Gasteiger partial charge in [0.1, 0.15) is 19.2 Å². The smallest absolute Gasteiger partial charge is 0.330 e. The molecule has 0 amide bonds. The molecule has 0 aromatic heterocycles. The molecule has 5 nitrogen and oxygen atoms in total. The van der Waals surface area contributed by atoms with Crippen molar-refractivity contribution < 1.29 is 35.9 Å². The summed E-state index contributed by atoms with van der Waals surface area (Å²) >= 11 is 0. The van der Waals surface area contributed by atoms with E-state index in [1.165, 1.54) is 6.08 Å². The van der Waals surface area contributed by atoms with Crippen LogP contribution < -0.4 is 12.4 Å². The number of quaternary nitrogens is 1. The van der Waals surface area contributed by atoms with Crippen molar-refractivity contribution in [3.8, 4) is 0 Å². The Kier molecular flexibility index (Phi) is 12.2. The van der Waals surface area contributed by atoms with E-state index in [-0.39, 0.29) is 18.4 Å². The summed E-state index contributed by atoms with van der Waals surface area (Å²) in [5.41, 5.74) is 0. The molecular weight excluding hydrogens is 270 g/mol. The summed E-state index contributed by atoms with van der Waals surface area (Å²) < 4.78 is 16.1. The third-order valence-corrected chi connectivity index (χ3v) is 3.06. The van der Waals surface area contributed by atoms with E-state index in [1.54, 1.807) is 7.11 Å². The van der Waals surface area contributed by atoms with E-state index >= 15 is 0 Å². The maximum absolute atomic E-state index is 10.9. The van der Waals surface area contributed by atoms with Gasteiger partial charge in [-0.2, -0.15) is 0 Å². The molecule has 0 bridgehead atoms. The molecule has 114 valence electrons. The normalized spacial score (nSPS) is 12.4. The first-order valence-electron chi connectivity index (χ1n) is 6.12. The highest BCUT2D eigenvalue weighted by Crippen LogP contribution is 2.06. The highest BCUT2D eigenvalue weighted by Gasteiger charge is 2.24. The van der Waals surface area contributed by atoms with Gasteiger partial charge in [0, 0.05) is 13.2 Å². The molecule has 0 N–H and O–H groups in total. The molecule has 0 saturated carbocycles. The van der Waals surface area contributed by atoms with Crippen molar-refractivity contribution in [1.82, 2.24) is 0 Å². The number of carbonyl (C=O) groups is 1. The molecule has 0 radical (unpaired) electrons. The van der Waals surface area contributed by atoms with E-state index in [2.05, 4.69) is 27.6 Å². The molecule has 1 unspecified atom stereocenters. The number of ether oxygens (including phenoxy) is 3. The van der Waals surface area contributed by atoms with Crippen LogP contribution in [-0.4, -0.2) is 70.7 Å². The maximum Gasteiger partial charge on any atom is 0.330 e. The van der Waals surface area contributed by atoms with Gasteiger partial charge in [-0.3, -0.25) is 0 Å². The van der Waals surface area contributed by atoms with Crippen LogP contribution in [0.15, 0.2) is 12.7 Å². The Morgan fingerprint density at radius 2 is 1.95 bits per heavy atom. The highest BCUT2D eigenvalue weighted by molar-refractivity contribution is 5.81. The van der Waals surface area contributed by atoms with Gasteiger partial charge in [-0.25, -0.2) is 4.79 Å². The van der Waals surface area contributed by atoms with Crippen LogP contribution in [-0.2, 0) is 19.0 Å². The van der Waals surface area contributed by atoms with Gasteiger partial charge in [0.2, 0.25) is 0 Å². The van der Waals surface area contributed by atoms with Gasteiger partial charge >= 0.3 is 5.97 Å². The van der Waals surface area contributed by atoms with Crippen molar-refractivity contribution >= 4 is 5.97 Å². The van der Waals surface area contributed by atoms with Gasteiger partial charge in [0.05, 0.1) is 33.9 Å². The fourth-order valence-electron chi connectivity index (χ4n) is 1.26. The Bertz CT molecular complexity index is 259. The minimum atomic E-state index is -0.376. The summed E-state index contributed by atoms with van der Waals surface area (Å²) in [4.78, 5) is 10.9. The zero-order valence-electron chi connectivity index (χ0n) is 12.4. The first-order valence-corrected chi connectivity index (χ1v) is 6.12. The van der Waals surface area contributed by atoms with Crippen LogP contribution in [0.1, 0.15) is 6.92 Å². The number of halogens is 1. The minimum absolute atomic E-state index is 0. The van der Waals surface area contributed by atoms with Crippen LogP contribution in [0.5, 0.6) is 0 Å². The van der Waals surface area contributed by atoms with Crippen molar-refractivity contribution in [3.05, 3.63) is 12.7 Å². The molecule has 0 aromatic carbocycles. The molecule has 0 aromatic rings. The Labute approximate surface area is 122 Å². The molecule has 0 saturated heterocycles. The van der Waals surface area contributed by atoms with Crippen LogP contribution >= 0.6 is 0 Å². The summed E-state index contributed by atoms with van der Waals surface area (Å²) in [6.07, 6.45) is 1.18. The van der Waals surface area contributed by atoms with Gasteiger partial charge in [-0.05, 0) is 6.92 Å². The van der Waals surface area contributed by atoms with Crippen LogP contribution in [0.4, 0.5) is 0 Å². The van der Waals surface area contributed by atoms with Crippen LogP contribution in [0.3, 0.4) is 0 Å². The molecular formula is C13H26ClNO4. The lowest BCUT2D eigenvalue weighted by Gasteiger charge is -2.35. The molecule has 19 heavy (non-hydrogen) atoms. The lowest BCUT2D eigenvalue weighted by molar-refractivity contribution is -0.913. The zero-order valence-corrected chi connectivity index (χ0v) is 13.1. The average molecular weight is 296 g/mol. The molecule has 1 atom stereocenters. The summed E-state index contributed by atoms with van der Waals surface area (Å²) in [6.45, 7) is 8.47. The van der Waals surface area contributed by atoms with E-state index in [4.69, 9.17) is 14.2 Å². The Balaban J connectivity index is 0. The van der Waals surface area contributed by atoms with Crippen LogP contribution in [0, 0.1) is 0 Å². The summed E-state index contributed by atoms with van der Waals surface area (Å²) in [6, 6.07) is 0.323. The molecule has 0 heterocycles. The standard InChI is InChI=1S/C13H26NO4.ClH/c1-6-13(15)18-8-7-14(3,4)12(2)11-17-10-9-16-5;/h6,12H,1,7-11H2,2-5H3;1H/q+1;/p-1. The van der Waals surface area contributed by atoms with Gasteiger partial charge in [-0.15, -0.1) is 0 Å². The van der Waals surface area contributed by atoms with Gasteiger partial charge in [0.25, 0.3) is 0 Å². The Morgan fingerprint density at radius 1 is 1.32 bits per heavy atom. The lowest BCUT2D eigenvalue weighted by Crippen LogP contribution is -3.00. The third-order valence-electron chi connectivity index (χ3n) is 3.06. The van der Waals surface area contributed by atoms with Crippen molar-refractivity contribution in [2.75, 3.05) is 54.2 Å². The van der Waals surface area contributed by atoms with Gasteiger partial charge in [0.15, 0.2) is 0 Å². The summed E-state index contributed by atoms with van der Waals surface area (Å²) in [7, 11) is 5.83. The number of carbonyl (C=O) groups excluding carboxylic acids is 1. The van der Waals surface area contributed by atoms with E-state index in [0.29, 0.717) is 32.5 Å². The monoisotopic (exact) mass is 295 g/mol. The maximum atomic E-state index is 10.9. The molecule has 0 rings (SSSR count). The molecule has 6 heteroatoms. The molecule has 0 aliphatic carbocycles. The number of esters is 1. The summed E-state index contributed by atoms with van der Waals surface area (Å²) in [5, 5.41) is 0. The highest BCUT2D eigenvalue weighted by atomic mass is 35.5. The second-order valence-electron chi connectivity index (χ2n) is 4.79. The average Bonchev–Trinajstić information content (AvgIpc) is 2.33. The second-order valence-corrected chi connectivity index (χ2v) is 4.79. The number of methoxy groups -OCH3 is 1. The second kappa shape index (κ2) is 11.2. The molecule has 0 fully saturated rings. The lowest BCUT2D eigenvalue weighted by atomic mass is 10.2. The molecule has 0 spiro atoms. The summed E-state index contributed by atoms with van der Waals surface area (Å²) in [5.74, 6) is -0.376. The van der Waals surface area contributed by atoms with Crippen LogP contribution in [0.2, 0.25) is 0 Å². The Morgan fingerprint density at radius 3 is 2.47 bits per heavy atom. The minimum Gasteiger partial charge on any atom is -1.00 e. The van der Waals surface area contributed by atoms with Crippen molar-refractivity contribution in [3.63, 3.8) is 0 Å². The van der Waals surface area contributed by atoms with E-state index in [9.17, 15) is 4.79 Å². The molecule has 0 aliphatic rings. The van der Waals surface area contributed by atoms with E-state index in [0.717, 1.165) is 11.0 Å². The largest absolute Gasteiger partial charge is 1.00 e. The van der Waals surface area contributed by atoms with Crippen molar-refractivity contribution in [2.45, 2.75) is 13.0 Å². The number of hydrogen-bond donors (Lipinski definition) is 0. The first-order chi connectivity index (χ1) is 8.44. The fourth-order valence-corrected chi connectivity index (χ4v) is 1.26. The van der Waals surface area contributed by atoms with E-state index < -0.39 is 0 Å². The topological polar surface area (TPSA) is 44.8 Å². The van der Waals surface area contributed by atoms with Gasteiger partial charge in [-0.1, -0.05) is 6.58 Å². The predicted molar refractivity (Wildman–Crippen MR) is 70.3 cm³/mol. The third kappa shape index (κ3) is 9.90. The number of likely N-dealkylation sites (N-methyl/N-ethyl adjacent to an activating group) is 1. The quantitative estimate of drug-likeness (QED) is 0.199. The van der Waals surface area contributed by atoms with Crippen molar-refractivity contribution in [1.29, 1.82) is 0 Å². The number of nitrogens with zero attached hydrogens (tertiary/aromatic N) is 1. The first kappa shape index (κ1) is 20.7. The van der Waals surface area contributed by atoms with Crippen molar-refractivity contribution in [2.24, 2.45) is 0 Å². The Hall–Kier alpha value is -0.620. The number of rotatable bonds is 10. The SMILES string of the molecule is C=CC(=O)OCC[N+](C)(C)C(C)COCCOC.[Cl-].